The summed E-state index contributed by atoms with van der Waals surface area (Å²) in [5.74, 6) is 1.55. The second-order valence-electron chi connectivity index (χ2n) is 5.16. The van der Waals surface area contributed by atoms with Gasteiger partial charge in [0.05, 0.1) is 19.8 Å². The fraction of sp³-hybridized carbons (Fsp3) is 0.600. The molecule has 2 rings (SSSR count). The van der Waals surface area contributed by atoms with Crippen molar-refractivity contribution >= 4 is 12.4 Å². The standard InChI is InChI=1S/C15H23NO3.ClH/c1-18-14-7-6-11(8-12(16)10-17)9-15(14)19-13-4-2-3-5-13;/h6-7,9,12-13,17H,2-5,8,10,16H2,1H3;1H. The van der Waals surface area contributed by atoms with E-state index in [0.717, 1.165) is 29.9 Å². The van der Waals surface area contributed by atoms with Crippen molar-refractivity contribution in [3.63, 3.8) is 0 Å². The second-order valence-corrected chi connectivity index (χ2v) is 5.16. The summed E-state index contributed by atoms with van der Waals surface area (Å²) in [5.41, 5.74) is 6.83. The minimum absolute atomic E-state index is 0. The molecule has 0 saturated heterocycles. The van der Waals surface area contributed by atoms with Gasteiger partial charge in [0, 0.05) is 6.04 Å². The van der Waals surface area contributed by atoms with Gasteiger partial charge in [-0.25, -0.2) is 0 Å². The molecule has 1 unspecified atom stereocenters. The monoisotopic (exact) mass is 301 g/mol. The van der Waals surface area contributed by atoms with E-state index in [4.69, 9.17) is 20.3 Å². The van der Waals surface area contributed by atoms with Gasteiger partial charge < -0.3 is 20.3 Å². The van der Waals surface area contributed by atoms with Crippen molar-refractivity contribution in [2.24, 2.45) is 5.73 Å². The Labute approximate surface area is 126 Å². The van der Waals surface area contributed by atoms with Crippen molar-refractivity contribution in [2.45, 2.75) is 44.2 Å². The van der Waals surface area contributed by atoms with Crippen molar-refractivity contribution < 1.29 is 14.6 Å². The van der Waals surface area contributed by atoms with E-state index >= 15 is 0 Å². The molecule has 114 valence electrons. The molecule has 3 N–H and O–H groups in total. The van der Waals surface area contributed by atoms with Crippen LogP contribution in [-0.2, 0) is 6.42 Å². The highest BCUT2D eigenvalue weighted by Gasteiger charge is 2.18. The third-order valence-corrected chi connectivity index (χ3v) is 3.56. The highest BCUT2D eigenvalue weighted by atomic mass is 35.5. The first kappa shape index (κ1) is 17.1. The van der Waals surface area contributed by atoms with Crippen LogP contribution in [0.15, 0.2) is 18.2 Å². The zero-order chi connectivity index (χ0) is 13.7. The molecular formula is C15H24ClNO3. The zero-order valence-electron chi connectivity index (χ0n) is 11.9. The van der Waals surface area contributed by atoms with Gasteiger partial charge in [0.15, 0.2) is 11.5 Å². The number of halogens is 1. The largest absolute Gasteiger partial charge is 0.493 e. The minimum Gasteiger partial charge on any atom is -0.493 e. The summed E-state index contributed by atoms with van der Waals surface area (Å²) in [6, 6.07) is 5.62. The van der Waals surface area contributed by atoms with Crippen molar-refractivity contribution in [1.82, 2.24) is 0 Å². The highest BCUT2D eigenvalue weighted by molar-refractivity contribution is 5.85. The van der Waals surface area contributed by atoms with Gasteiger partial charge >= 0.3 is 0 Å². The van der Waals surface area contributed by atoms with Crippen molar-refractivity contribution in [1.29, 1.82) is 0 Å². The van der Waals surface area contributed by atoms with E-state index in [1.807, 2.05) is 18.2 Å². The quantitative estimate of drug-likeness (QED) is 0.846. The van der Waals surface area contributed by atoms with Crippen molar-refractivity contribution in [3.05, 3.63) is 23.8 Å². The number of hydrogen-bond donors (Lipinski definition) is 2. The predicted molar refractivity (Wildman–Crippen MR) is 81.9 cm³/mol. The first-order valence-electron chi connectivity index (χ1n) is 6.93. The number of methoxy groups -OCH3 is 1. The Kier molecular flexibility index (Phi) is 7.13. The SMILES string of the molecule is COc1ccc(CC(N)CO)cc1OC1CCCC1.Cl. The van der Waals surface area contributed by atoms with Crippen LogP contribution in [0.3, 0.4) is 0 Å². The summed E-state index contributed by atoms with van der Waals surface area (Å²) in [6.07, 6.45) is 5.65. The Bertz CT molecular complexity index is 408. The number of hydrogen-bond acceptors (Lipinski definition) is 4. The van der Waals surface area contributed by atoms with Crippen LogP contribution in [0.25, 0.3) is 0 Å². The molecule has 1 aliphatic carbocycles. The molecule has 0 heterocycles. The number of aliphatic hydroxyl groups is 1. The molecule has 1 aliphatic rings. The topological polar surface area (TPSA) is 64.7 Å². The van der Waals surface area contributed by atoms with Gasteiger partial charge in [-0.05, 0) is 49.8 Å². The molecule has 1 atom stereocenters. The Morgan fingerprint density at radius 3 is 2.60 bits per heavy atom. The van der Waals surface area contributed by atoms with Crippen molar-refractivity contribution in [3.8, 4) is 11.5 Å². The summed E-state index contributed by atoms with van der Waals surface area (Å²) >= 11 is 0. The normalized spacial score (nSPS) is 16.6. The van der Waals surface area contributed by atoms with E-state index in [1.165, 1.54) is 12.8 Å². The second kappa shape index (κ2) is 8.35. The fourth-order valence-electron chi connectivity index (χ4n) is 2.49. The maximum absolute atomic E-state index is 9.02. The van der Waals surface area contributed by atoms with Crippen LogP contribution in [0.1, 0.15) is 31.2 Å². The summed E-state index contributed by atoms with van der Waals surface area (Å²) in [7, 11) is 1.65. The smallest absolute Gasteiger partial charge is 0.161 e. The van der Waals surface area contributed by atoms with Crippen LogP contribution in [0.5, 0.6) is 11.5 Å². The third-order valence-electron chi connectivity index (χ3n) is 3.56. The molecular weight excluding hydrogens is 278 g/mol. The predicted octanol–water partition coefficient (Wildman–Crippen LogP) is 2.30. The lowest BCUT2D eigenvalue weighted by Gasteiger charge is -2.17. The molecule has 0 radical (unpaired) electrons. The van der Waals surface area contributed by atoms with E-state index in [9.17, 15) is 0 Å². The third kappa shape index (κ3) is 4.54. The van der Waals surface area contributed by atoms with Crippen LogP contribution in [0, 0.1) is 0 Å². The summed E-state index contributed by atoms with van der Waals surface area (Å²) < 4.78 is 11.4. The molecule has 1 fully saturated rings. The Morgan fingerprint density at radius 2 is 2.00 bits per heavy atom. The van der Waals surface area contributed by atoms with E-state index in [2.05, 4.69) is 0 Å². The molecule has 1 aromatic carbocycles. The van der Waals surface area contributed by atoms with Gasteiger partial charge in [-0.1, -0.05) is 6.07 Å². The van der Waals surface area contributed by atoms with Gasteiger partial charge in [-0.2, -0.15) is 0 Å². The molecule has 20 heavy (non-hydrogen) atoms. The first-order valence-corrected chi connectivity index (χ1v) is 6.93. The van der Waals surface area contributed by atoms with Crippen LogP contribution < -0.4 is 15.2 Å². The molecule has 0 amide bonds. The molecule has 5 heteroatoms. The lowest BCUT2D eigenvalue weighted by Crippen LogP contribution is -2.26. The van der Waals surface area contributed by atoms with Gasteiger partial charge in [-0.15, -0.1) is 12.4 Å². The Hall–Kier alpha value is -0.970. The highest BCUT2D eigenvalue weighted by Crippen LogP contribution is 2.32. The van der Waals surface area contributed by atoms with Gasteiger partial charge in [-0.3, -0.25) is 0 Å². The van der Waals surface area contributed by atoms with E-state index in [0.29, 0.717) is 12.5 Å². The average Bonchev–Trinajstić information content (AvgIpc) is 2.92. The summed E-state index contributed by atoms with van der Waals surface area (Å²) in [4.78, 5) is 0. The maximum Gasteiger partial charge on any atom is 0.161 e. The molecule has 1 saturated carbocycles. The van der Waals surface area contributed by atoms with E-state index in [1.54, 1.807) is 7.11 Å². The minimum atomic E-state index is -0.229. The van der Waals surface area contributed by atoms with E-state index < -0.39 is 0 Å². The molecule has 0 bridgehead atoms. The average molecular weight is 302 g/mol. The number of rotatable bonds is 6. The molecule has 0 aliphatic heterocycles. The van der Waals surface area contributed by atoms with Gasteiger partial charge in [0.1, 0.15) is 0 Å². The first-order chi connectivity index (χ1) is 9.22. The van der Waals surface area contributed by atoms with E-state index in [-0.39, 0.29) is 25.1 Å². The molecule has 1 aromatic rings. The lowest BCUT2D eigenvalue weighted by molar-refractivity contribution is 0.200. The zero-order valence-corrected chi connectivity index (χ0v) is 12.7. The van der Waals surface area contributed by atoms with Crippen LogP contribution in [0.4, 0.5) is 0 Å². The summed E-state index contributed by atoms with van der Waals surface area (Å²) in [5, 5.41) is 9.02. The molecule has 4 nitrogen and oxygen atoms in total. The number of ether oxygens (including phenoxy) is 2. The molecule has 0 spiro atoms. The Balaban J connectivity index is 0.00000200. The van der Waals surface area contributed by atoms with Crippen LogP contribution >= 0.6 is 12.4 Å². The lowest BCUT2D eigenvalue weighted by atomic mass is 10.1. The Morgan fingerprint density at radius 1 is 1.30 bits per heavy atom. The van der Waals surface area contributed by atoms with Gasteiger partial charge in [0.25, 0.3) is 0 Å². The fourth-order valence-corrected chi connectivity index (χ4v) is 2.49. The number of benzene rings is 1. The summed E-state index contributed by atoms with van der Waals surface area (Å²) in [6.45, 7) is -0.00908. The van der Waals surface area contributed by atoms with Crippen molar-refractivity contribution in [2.75, 3.05) is 13.7 Å². The number of aliphatic hydroxyl groups excluding tert-OH is 1. The van der Waals surface area contributed by atoms with Gasteiger partial charge in [0.2, 0.25) is 0 Å². The van der Waals surface area contributed by atoms with Crippen LogP contribution in [0.2, 0.25) is 0 Å². The van der Waals surface area contributed by atoms with Crippen LogP contribution in [-0.4, -0.2) is 31.0 Å². The molecule has 0 aromatic heterocycles. The number of nitrogens with two attached hydrogens (primary N) is 1. The maximum atomic E-state index is 9.02.